The van der Waals surface area contributed by atoms with Gasteiger partial charge >= 0.3 is 0 Å². The van der Waals surface area contributed by atoms with E-state index in [0.29, 0.717) is 0 Å². The normalized spacial score (nSPS) is 26.4. The van der Waals surface area contributed by atoms with Gasteiger partial charge < -0.3 is 15.8 Å². The Morgan fingerprint density at radius 1 is 1.56 bits per heavy atom. The Labute approximate surface area is 163 Å². The summed E-state index contributed by atoms with van der Waals surface area (Å²) in [4.78, 5) is 13.4. The Balaban J connectivity index is 2.51. The number of hydrogen-bond donors (Lipinski definition) is 2. The molecule has 140 valence electrons. The number of hydrogen-bond acceptors (Lipinski definition) is 6. The minimum Gasteiger partial charge on any atom is -0.496 e. The molecule has 8 heteroatoms. The summed E-state index contributed by atoms with van der Waals surface area (Å²) in [6.07, 6.45) is 0.266. The second-order valence-electron chi connectivity index (χ2n) is 5.45. The maximum Gasteiger partial charge on any atom is 0.255 e. The Kier molecular flexibility index (Phi) is 3.15. The van der Waals surface area contributed by atoms with Crippen molar-refractivity contribution in [3.8, 4) is 5.75 Å². The molecule has 1 aromatic carbocycles. The van der Waals surface area contributed by atoms with Crippen molar-refractivity contribution in [1.29, 1.82) is 0 Å². The minimum absolute atomic E-state index is 0.0126. The Morgan fingerprint density at radius 3 is 3.04 bits per heavy atom. The Morgan fingerprint density at radius 2 is 2.36 bits per heavy atom. The predicted molar refractivity (Wildman–Crippen MR) is 97.7 cm³/mol. The maximum atomic E-state index is 13.1. The summed E-state index contributed by atoms with van der Waals surface area (Å²) >= 11 is 0. The summed E-state index contributed by atoms with van der Waals surface area (Å²) in [5.74, 6) is -2.27. The molecule has 2 rings (SSSR count). The number of carbonyl (C=O) groups is 1. The number of nitrogen functional groups attached to an aromatic ring is 1. The smallest absolute Gasteiger partial charge is 0.255 e. The van der Waals surface area contributed by atoms with E-state index in [0.717, 1.165) is 17.0 Å². The van der Waals surface area contributed by atoms with Crippen LogP contribution in [0.15, 0.2) is 17.0 Å². The molecular weight excluding hydrogens is 342 g/mol. The number of rotatable bonds is 7. The molecule has 0 spiro atoms. The topological polar surface area (TPSA) is 102 Å². The first-order valence-electron chi connectivity index (χ1n) is 12.6. The number of carbonyl (C=O) groups excluding carboxylic acids is 1. The fraction of sp³-hybridized carbons (Fsp3) is 0.588. The van der Waals surface area contributed by atoms with Crippen LogP contribution >= 0.6 is 0 Å². The number of nitrogens with zero attached hydrogens (tertiary/aromatic N) is 1. The first kappa shape index (κ1) is 9.78. The highest BCUT2D eigenvalue weighted by atomic mass is 32.2. The molecule has 1 aliphatic heterocycles. The van der Waals surface area contributed by atoms with Crippen LogP contribution in [0.3, 0.4) is 0 Å². The van der Waals surface area contributed by atoms with E-state index in [-0.39, 0.29) is 30.8 Å². The fourth-order valence-electron chi connectivity index (χ4n) is 2.53. The van der Waals surface area contributed by atoms with E-state index in [4.69, 9.17) is 24.2 Å². The Hall–Kier alpha value is -1.80. The van der Waals surface area contributed by atoms with Crippen LogP contribution in [0.4, 0.5) is 5.69 Å². The van der Waals surface area contributed by atoms with Crippen LogP contribution in [0.5, 0.6) is 5.75 Å². The van der Waals surface area contributed by atoms with E-state index < -0.39 is 64.9 Å². The highest BCUT2D eigenvalue weighted by Gasteiger charge is 2.25. The predicted octanol–water partition coefficient (Wildman–Crippen LogP) is 1.29. The van der Waals surface area contributed by atoms with Crippen LogP contribution in [0.2, 0.25) is 0 Å². The van der Waals surface area contributed by atoms with Gasteiger partial charge in [-0.05, 0) is 31.9 Å². The van der Waals surface area contributed by atoms with Crippen molar-refractivity contribution in [2.45, 2.75) is 37.6 Å². The molecule has 1 saturated heterocycles. The van der Waals surface area contributed by atoms with Crippen LogP contribution in [0.25, 0.3) is 0 Å². The molecule has 3 N–H and O–H groups in total. The lowest BCUT2D eigenvalue weighted by Crippen LogP contribution is -2.40. The van der Waals surface area contributed by atoms with Gasteiger partial charge in [0.2, 0.25) is 0 Å². The summed E-state index contributed by atoms with van der Waals surface area (Å²) in [5.41, 5.74) is 4.75. The third kappa shape index (κ3) is 4.24. The van der Waals surface area contributed by atoms with Crippen LogP contribution in [-0.4, -0.2) is 57.6 Å². The number of benzene rings is 1. The van der Waals surface area contributed by atoms with E-state index in [9.17, 15) is 13.2 Å². The van der Waals surface area contributed by atoms with Gasteiger partial charge in [-0.1, -0.05) is 13.8 Å². The van der Waals surface area contributed by atoms with Gasteiger partial charge in [0.05, 0.1) is 35.8 Å². The summed E-state index contributed by atoms with van der Waals surface area (Å²) < 4.78 is 107. The number of methoxy groups -OCH3 is 1. The first-order chi connectivity index (χ1) is 15.6. The largest absolute Gasteiger partial charge is 0.496 e. The van der Waals surface area contributed by atoms with Gasteiger partial charge in [-0.25, -0.2) is 8.42 Å². The second kappa shape index (κ2) is 8.05. The van der Waals surface area contributed by atoms with Gasteiger partial charge in [-0.3, -0.25) is 9.69 Å². The SMILES string of the molecule is [2H]C([2H])([2H])Oc1cc(N)c(S(=O)(=O)CC)cc1C(=O)NC([2H])([2H])C1CCCN1C([2H])([2H])C([2H])([2H])[2H]. The molecule has 7 nitrogen and oxygen atoms in total. The van der Waals surface area contributed by atoms with Crippen LogP contribution in [-0.2, 0) is 9.84 Å². The summed E-state index contributed by atoms with van der Waals surface area (Å²) in [7, 11) is -7.02. The van der Waals surface area contributed by atoms with Gasteiger partial charge in [0.15, 0.2) is 9.84 Å². The zero-order valence-electron chi connectivity index (χ0n) is 23.6. The first-order valence-corrected chi connectivity index (χ1v) is 9.24. The van der Waals surface area contributed by atoms with Crippen molar-refractivity contribution in [3.63, 3.8) is 0 Å². The zero-order valence-corrected chi connectivity index (χ0v) is 14.4. The molecule has 25 heavy (non-hydrogen) atoms. The molecule has 0 saturated carbocycles. The molecule has 0 radical (unpaired) electrons. The molecule has 1 heterocycles. The lowest BCUT2D eigenvalue weighted by molar-refractivity contribution is 0.0938. The number of ether oxygens (including phenoxy) is 1. The minimum atomic E-state index is -3.96. The third-order valence-corrected chi connectivity index (χ3v) is 5.71. The van der Waals surface area contributed by atoms with Crippen molar-refractivity contribution >= 4 is 21.4 Å². The molecule has 1 amide bonds. The van der Waals surface area contributed by atoms with E-state index in [1.165, 1.54) is 6.92 Å². The highest BCUT2D eigenvalue weighted by molar-refractivity contribution is 7.91. The van der Waals surface area contributed by atoms with Gasteiger partial charge in [-0.15, -0.1) is 0 Å². The second-order valence-corrected chi connectivity index (χ2v) is 7.70. The van der Waals surface area contributed by atoms with Crippen molar-refractivity contribution in [2.75, 3.05) is 38.1 Å². The lowest BCUT2D eigenvalue weighted by Gasteiger charge is -2.23. The van der Waals surface area contributed by atoms with E-state index >= 15 is 0 Å². The molecular formula is C17H27N3O4S. The molecule has 1 unspecified atom stereocenters. The number of nitrogens with one attached hydrogen (secondary N) is 1. The van der Waals surface area contributed by atoms with Gasteiger partial charge in [0, 0.05) is 25.5 Å². The van der Waals surface area contributed by atoms with Gasteiger partial charge in [0.25, 0.3) is 5.91 Å². The van der Waals surface area contributed by atoms with Crippen molar-refractivity contribution < 1.29 is 31.7 Å². The van der Waals surface area contributed by atoms with Crippen LogP contribution in [0.1, 0.15) is 50.7 Å². The maximum absolute atomic E-state index is 13.1. The monoisotopic (exact) mass is 379 g/mol. The molecule has 1 aromatic rings. The van der Waals surface area contributed by atoms with E-state index in [2.05, 4.69) is 0 Å². The average molecular weight is 380 g/mol. The molecule has 1 fully saturated rings. The van der Waals surface area contributed by atoms with Crippen LogP contribution in [0, 0.1) is 0 Å². The molecule has 0 aromatic heterocycles. The zero-order chi connectivity index (χ0) is 27.2. The molecule has 1 atom stereocenters. The number of likely N-dealkylation sites (tertiary alicyclic amines) is 1. The van der Waals surface area contributed by atoms with Crippen molar-refractivity contribution in [3.05, 3.63) is 17.7 Å². The molecule has 1 aliphatic rings. The fourth-order valence-corrected chi connectivity index (χ4v) is 3.56. The lowest BCUT2D eigenvalue weighted by atomic mass is 10.1. The summed E-state index contributed by atoms with van der Waals surface area (Å²) in [6.45, 7) is -7.45. The van der Waals surface area contributed by atoms with Gasteiger partial charge in [-0.2, -0.15) is 0 Å². The van der Waals surface area contributed by atoms with E-state index in [1.54, 1.807) is 0 Å². The van der Waals surface area contributed by atoms with Gasteiger partial charge in [0.1, 0.15) is 5.75 Å². The third-order valence-electron chi connectivity index (χ3n) is 3.93. The Bertz CT molecular complexity index is 1070. The summed E-state index contributed by atoms with van der Waals surface area (Å²) in [6, 6.07) is 0.241. The quantitative estimate of drug-likeness (QED) is 0.692. The molecule has 0 bridgehead atoms. The van der Waals surface area contributed by atoms with Crippen LogP contribution < -0.4 is 15.8 Å². The number of nitrogens with two attached hydrogens (primary N) is 1. The number of sulfone groups is 1. The summed E-state index contributed by atoms with van der Waals surface area (Å²) in [5, 5.41) is 2.01. The van der Waals surface area contributed by atoms with Crippen molar-refractivity contribution in [1.82, 2.24) is 10.2 Å². The van der Waals surface area contributed by atoms with E-state index in [1.807, 2.05) is 5.32 Å². The average Bonchev–Trinajstić information content (AvgIpc) is 3.17. The molecule has 0 aliphatic carbocycles. The van der Waals surface area contributed by atoms with Crippen molar-refractivity contribution in [2.24, 2.45) is 0 Å². The number of anilines is 1. The standard InChI is InChI=1S/C17H27N3O4S/c1-4-20-8-6-7-12(20)11-19-17(21)13-9-16(25(22,23)5-2)14(18)10-15(13)24-3/h9-10,12H,4-8,11,18H2,1-3H3,(H,19,21)/i1D3,3D3,4D2,11D2. The highest BCUT2D eigenvalue weighted by Crippen LogP contribution is 2.29. The number of likely N-dealkylation sites (N-methyl/N-ethyl adjacent to an activating group) is 1. The number of amides is 1.